The molecule has 2 aliphatic carbocycles. The Morgan fingerprint density at radius 3 is 2.38 bits per heavy atom. The molecule has 1 heterocycles. The van der Waals surface area contributed by atoms with Gasteiger partial charge < -0.3 is 0 Å². The summed E-state index contributed by atoms with van der Waals surface area (Å²) in [5.74, 6) is 1.35. The van der Waals surface area contributed by atoms with Crippen molar-refractivity contribution in [2.24, 2.45) is 17.8 Å². The molecule has 0 spiro atoms. The minimum atomic E-state index is -4.44. The Hall–Kier alpha value is -3.16. The van der Waals surface area contributed by atoms with E-state index in [9.17, 15) is 22.8 Å². The van der Waals surface area contributed by atoms with Crippen molar-refractivity contribution < 1.29 is 18.0 Å². The molecule has 5 nitrogen and oxygen atoms in total. The Morgan fingerprint density at radius 1 is 1.03 bits per heavy atom. The van der Waals surface area contributed by atoms with Gasteiger partial charge in [0, 0.05) is 17.4 Å². The highest BCUT2D eigenvalue weighted by Crippen LogP contribution is 2.49. The lowest BCUT2D eigenvalue weighted by Crippen LogP contribution is -2.36. The number of fused-ring (bicyclic) bond motifs is 3. The van der Waals surface area contributed by atoms with Crippen LogP contribution in [0.2, 0.25) is 0 Å². The summed E-state index contributed by atoms with van der Waals surface area (Å²) < 4.78 is 38.8. The largest absolute Gasteiger partial charge is 0.416 e. The lowest BCUT2D eigenvalue weighted by molar-refractivity contribution is -0.137. The van der Waals surface area contributed by atoms with E-state index in [-0.39, 0.29) is 5.91 Å². The summed E-state index contributed by atoms with van der Waals surface area (Å²) >= 11 is 0. The molecule has 2 fully saturated rings. The fourth-order valence-corrected chi connectivity index (χ4v) is 5.32. The van der Waals surface area contributed by atoms with Crippen molar-refractivity contribution in [2.45, 2.75) is 38.3 Å². The fourth-order valence-electron chi connectivity index (χ4n) is 5.32. The van der Waals surface area contributed by atoms with Crippen LogP contribution in [0.15, 0.2) is 53.3 Å². The Bertz CT molecular complexity index is 1230. The van der Waals surface area contributed by atoms with Gasteiger partial charge in [-0.3, -0.25) is 9.59 Å². The van der Waals surface area contributed by atoms with Crippen LogP contribution in [0.4, 0.5) is 13.2 Å². The van der Waals surface area contributed by atoms with Gasteiger partial charge in [-0.15, -0.1) is 9.89 Å². The summed E-state index contributed by atoms with van der Waals surface area (Å²) in [6, 6.07) is 11.3. The Kier molecular flexibility index (Phi) is 5.03. The maximum Gasteiger partial charge on any atom is 0.416 e. The van der Waals surface area contributed by atoms with Crippen molar-refractivity contribution in [1.82, 2.24) is 9.89 Å². The van der Waals surface area contributed by atoms with Crippen LogP contribution in [-0.2, 0) is 11.0 Å². The fraction of sp³-hybridized carbons (Fsp3) is 0.375. The van der Waals surface area contributed by atoms with Crippen molar-refractivity contribution in [2.75, 3.05) is 5.43 Å². The third kappa shape index (κ3) is 3.78. The van der Waals surface area contributed by atoms with E-state index in [1.165, 1.54) is 25.0 Å². The first-order chi connectivity index (χ1) is 15.3. The maximum absolute atomic E-state index is 12.9. The molecule has 0 saturated heterocycles. The van der Waals surface area contributed by atoms with E-state index >= 15 is 0 Å². The highest BCUT2D eigenvalue weighted by atomic mass is 19.4. The number of carbonyl (C=O) groups excluding carboxylic acids is 1. The van der Waals surface area contributed by atoms with Gasteiger partial charge >= 0.3 is 6.18 Å². The molecule has 2 saturated carbocycles. The van der Waals surface area contributed by atoms with E-state index in [1.54, 1.807) is 24.3 Å². The number of hydrogen-bond acceptors (Lipinski definition) is 3. The number of amides is 1. The summed E-state index contributed by atoms with van der Waals surface area (Å²) in [5, 5.41) is 5.16. The zero-order valence-corrected chi connectivity index (χ0v) is 17.2. The minimum Gasteiger partial charge on any atom is -0.273 e. The predicted molar refractivity (Wildman–Crippen MR) is 114 cm³/mol. The molecule has 2 aliphatic rings. The smallest absolute Gasteiger partial charge is 0.273 e. The van der Waals surface area contributed by atoms with E-state index in [0.717, 1.165) is 29.8 Å². The van der Waals surface area contributed by atoms with Gasteiger partial charge in [0.25, 0.3) is 5.56 Å². The summed E-state index contributed by atoms with van der Waals surface area (Å²) in [6.45, 7) is 0. The van der Waals surface area contributed by atoms with Crippen LogP contribution in [0.25, 0.3) is 22.0 Å². The van der Waals surface area contributed by atoms with Crippen molar-refractivity contribution >= 4 is 16.7 Å². The SMILES string of the molecule is O=C(C[C@H]1C[C@@H]2CC[C@H]1C2)Nn1nc(-c2ccc(C(F)(F)F)cc2)c2ccccc2c1=O. The summed E-state index contributed by atoms with van der Waals surface area (Å²) in [4.78, 5) is 26.6. The topological polar surface area (TPSA) is 64.0 Å². The molecule has 166 valence electrons. The first-order valence-corrected chi connectivity index (χ1v) is 10.8. The quantitative estimate of drug-likeness (QED) is 0.621. The number of benzene rings is 2. The third-order valence-electron chi connectivity index (χ3n) is 6.85. The van der Waals surface area contributed by atoms with Gasteiger partial charge in [-0.25, -0.2) is 5.43 Å². The van der Waals surface area contributed by atoms with Crippen molar-refractivity contribution in [3.63, 3.8) is 0 Å². The molecular formula is C24H22F3N3O2. The van der Waals surface area contributed by atoms with Gasteiger partial charge in [-0.2, -0.15) is 13.2 Å². The number of hydrogen-bond donors (Lipinski definition) is 1. The number of alkyl halides is 3. The molecule has 1 amide bonds. The lowest BCUT2D eigenvalue weighted by atomic mass is 9.86. The molecule has 2 bridgehead atoms. The monoisotopic (exact) mass is 441 g/mol. The van der Waals surface area contributed by atoms with E-state index in [1.807, 2.05) is 0 Å². The number of nitrogens with zero attached hydrogens (tertiary/aromatic N) is 2. The van der Waals surface area contributed by atoms with Crippen LogP contribution in [0.1, 0.15) is 37.7 Å². The van der Waals surface area contributed by atoms with E-state index in [4.69, 9.17) is 0 Å². The summed E-state index contributed by atoms with van der Waals surface area (Å²) in [5.41, 5.74) is 2.12. The van der Waals surface area contributed by atoms with Gasteiger partial charge in [0.2, 0.25) is 5.91 Å². The first-order valence-electron chi connectivity index (χ1n) is 10.8. The average molecular weight is 441 g/mol. The number of rotatable bonds is 4. The number of carbonyl (C=O) groups is 1. The molecule has 2 aromatic carbocycles. The molecule has 32 heavy (non-hydrogen) atoms. The average Bonchev–Trinajstić information content (AvgIpc) is 3.38. The van der Waals surface area contributed by atoms with Crippen LogP contribution < -0.4 is 11.0 Å². The number of aromatic nitrogens is 2. The summed E-state index contributed by atoms with van der Waals surface area (Å²) in [6.07, 6.45) is 0.539. The maximum atomic E-state index is 12.9. The standard InChI is InChI=1S/C24H22F3N3O2/c25-24(26,27)18-9-7-15(8-10-18)22-19-3-1-2-4-20(19)23(32)30(29-22)28-21(31)13-17-12-14-5-6-16(17)11-14/h1-4,7-10,14,16-17H,5-6,11-13H2,(H,28,31)/t14-,16+,17-/m1/s1. The van der Waals surface area contributed by atoms with Gasteiger partial charge in [0.1, 0.15) is 5.69 Å². The molecule has 3 aromatic rings. The molecule has 1 N–H and O–H groups in total. The number of halogens is 3. The molecule has 8 heteroatoms. The second kappa shape index (κ2) is 7.76. The van der Waals surface area contributed by atoms with Gasteiger partial charge in [0.05, 0.1) is 10.9 Å². The van der Waals surface area contributed by atoms with E-state index < -0.39 is 17.3 Å². The predicted octanol–water partition coefficient (Wildman–Crippen LogP) is 4.98. The van der Waals surface area contributed by atoms with Gasteiger partial charge in [-0.05, 0) is 55.2 Å². The second-order valence-corrected chi connectivity index (χ2v) is 8.86. The zero-order chi connectivity index (χ0) is 22.5. The minimum absolute atomic E-state index is 0.272. The highest BCUT2D eigenvalue weighted by molar-refractivity contribution is 5.94. The van der Waals surface area contributed by atoms with Gasteiger partial charge in [-0.1, -0.05) is 36.8 Å². The Labute approximate surface area is 182 Å². The summed E-state index contributed by atoms with van der Waals surface area (Å²) in [7, 11) is 0. The third-order valence-corrected chi connectivity index (χ3v) is 6.85. The molecule has 0 radical (unpaired) electrons. The Morgan fingerprint density at radius 2 is 1.75 bits per heavy atom. The normalized spacial score (nSPS) is 22.4. The van der Waals surface area contributed by atoms with Crippen LogP contribution in [-0.4, -0.2) is 15.8 Å². The Balaban J connectivity index is 1.48. The van der Waals surface area contributed by atoms with Crippen LogP contribution in [0.3, 0.4) is 0 Å². The molecule has 0 unspecified atom stereocenters. The van der Waals surface area contributed by atoms with Crippen LogP contribution >= 0.6 is 0 Å². The molecule has 3 atom stereocenters. The zero-order valence-electron chi connectivity index (χ0n) is 17.2. The molecule has 0 aliphatic heterocycles. The van der Waals surface area contributed by atoms with Gasteiger partial charge in [0.15, 0.2) is 0 Å². The first kappa shape index (κ1) is 20.7. The van der Waals surface area contributed by atoms with Crippen molar-refractivity contribution in [3.05, 3.63) is 64.4 Å². The number of nitrogens with one attached hydrogen (secondary N) is 1. The second-order valence-electron chi connectivity index (χ2n) is 8.86. The lowest BCUT2D eigenvalue weighted by Gasteiger charge is -2.21. The van der Waals surface area contributed by atoms with Crippen molar-refractivity contribution in [3.8, 4) is 11.3 Å². The van der Waals surface area contributed by atoms with E-state index in [0.29, 0.717) is 46.2 Å². The van der Waals surface area contributed by atoms with E-state index in [2.05, 4.69) is 10.5 Å². The molecule has 1 aromatic heterocycles. The van der Waals surface area contributed by atoms with Crippen LogP contribution in [0, 0.1) is 17.8 Å². The highest BCUT2D eigenvalue weighted by Gasteiger charge is 2.40. The van der Waals surface area contributed by atoms with Crippen LogP contribution in [0.5, 0.6) is 0 Å². The molecule has 5 rings (SSSR count). The molecular weight excluding hydrogens is 419 g/mol. The van der Waals surface area contributed by atoms with Crippen molar-refractivity contribution in [1.29, 1.82) is 0 Å².